The van der Waals surface area contributed by atoms with Crippen LogP contribution in [0, 0.1) is 0 Å². The topological polar surface area (TPSA) is 63.9 Å². The van der Waals surface area contributed by atoms with Gasteiger partial charge in [-0.3, -0.25) is 4.79 Å². The average Bonchev–Trinajstić information content (AvgIpc) is 2.75. The predicted octanol–water partition coefficient (Wildman–Crippen LogP) is 0.844. The molecule has 0 N–H and O–H groups in total. The van der Waals surface area contributed by atoms with Gasteiger partial charge in [-0.15, -0.1) is 22.0 Å². The molecular formula is C11H19N5OS. The Kier molecular flexibility index (Phi) is 4.57. The van der Waals surface area contributed by atoms with E-state index in [0.29, 0.717) is 23.4 Å². The van der Waals surface area contributed by atoms with E-state index in [0.717, 1.165) is 19.4 Å². The van der Waals surface area contributed by atoms with Crippen molar-refractivity contribution >= 4 is 17.7 Å². The Balaban J connectivity index is 1.74. The summed E-state index contributed by atoms with van der Waals surface area (Å²) in [4.78, 5) is 15.5. The maximum atomic E-state index is 12.0. The van der Waals surface area contributed by atoms with Gasteiger partial charge < -0.3 is 4.90 Å². The van der Waals surface area contributed by atoms with E-state index >= 15 is 0 Å². The molecule has 0 aromatic carbocycles. The lowest BCUT2D eigenvalue weighted by Gasteiger charge is -2.33. The SMILES string of the molecule is CC1CCCCN1C(=O)CSCc1nnn(C)n1. The summed E-state index contributed by atoms with van der Waals surface area (Å²) >= 11 is 1.55. The lowest BCUT2D eigenvalue weighted by molar-refractivity contribution is -0.131. The Bertz CT molecular complexity index is 408. The molecule has 1 amide bonds. The Hall–Kier alpha value is -1.11. The fourth-order valence-electron chi connectivity index (χ4n) is 2.16. The van der Waals surface area contributed by atoms with Gasteiger partial charge in [0.25, 0.3) is 0 Å². The molecule has 0 radical (unpaired) electrons. The highest BCUT2D eigenvalue weighted by Crippen LogP contribution is 2.18. The highest BCUT2D eigenvalue weighted by atomic mass is 32.2. The minimum Gasteiger partial charge on any atom is -0.339 e. The van der Waals surface area contributed by atoms with Crippen LogP contribution in [0.3, 0.4) is 0 Å². The number of hydrogen-bond acceptors (Lipinski definition) is 5. The number of rotatable bonds is 4. The zero-order valence-corrected chi connectivity index (χ0v) is 11.7. The maximum absolute atomic E-state index is 12.0. The Morgan fingerprint density at radius 2 is 2.33 bits per heavy atom. The third-order valence-corrected chi connectivity index (χ3v) is 4.04. The van der Waals surface area contributed by atoms with Crippen LogP contribution >= 0.6 is 11.8 Å². The summed E-state index contributed by atoms with van der Waals surface area (Å²) in [6.45, 7) is 3.04. The number of aromatic nitrogens is 4. The van der Waals surface area contributed by atoms with E-state index in [1.165, 1.54) is 11.2 Å². The Labute approximate surface area is 111 Å². The van der Waals surface area contributed by atoms with E-state index in [1.54, 1.807) is 18.8 Å². The van der Waals surface area contributed by atoms with Gasteiger partial charge in [0.15, 0.2) is 5.82 Å². The number of hydrogen-bond donors (Lipinski definition) is 0. The number of carbonyl (C=O) groups excluding carboxylic acids is 1. The van der Waals surface area contributed by atoms with Gasteiger partial charge in [-0.25, -0.2) is 0 Å². The van der Waals surface area contributed by atoms with Crippen molar-refractivity contribution in [3.63, 3.8) is 0 Å². The van der Waals surface area contributed by atoms with Crippen molar-refractivity contribution in [1.29, 1.82) is 0 Å². The van der Waals surface area contributed by atoms with Crippen LogP contribution in [-0.4, -0.2) is 49.4 Å². The number of nitrogens with zero attached hydrogens (tertiary/aromatic N) is 5. The van der Waals surface area contributed by atoms with Gasteiger partial charge >= 0.3 is 0 Å². The monoisotopic (exact) mass is 269 g/mol. The van der Waals surface area contributed by atoms with Crippen molar-refractivity contribution in [3.05, 3.63) is 5.82 Å². The van der Waals surface area contributed by atoms with E-state index in [-0.39, 0.29) is 5.91 Å². The normalized spacial score (nSPS) is 20.1. The van der Waals surface area contributed by atoms with Crippen molar-refractivity contribution in [2.75, 3.05) is 12.3 Å². The molecule has 0 bridgehead atoms. The zero-order valence-electron chi connectivity index (χ0n) is 10.9. The fraction of sp³-hybridized carbons (Fsp3) is 0.818. The first-order valence-corrected chi connectivity index (χ1v) is 7.42. The molecule has 1 aromatic heterocycles. The highest BCUT2D eigenvalue weighted by molar-refractivity contribution is 7.99. The van der Waals surface area contributed by atoms with Crippen LogP contribution in [-0.2, 0) is 17.6 Å². The van der Waals surface area contributed by atoms with Crippen LogP contribution < -0.4 is 0 Å². The standard InChI is InChI=1S/C11H19N5OS/c1-9-5-3-4-6-16(9)11(17)8-18-7-10-12-14-15(2)13-10/h9H,3-8H2,1-2H3. The van der Waals surface area contributed by atoms with Gasteiger partial charge in [0.05, 0.1) is 18.6 Å². The number of aryl methyl sites for hydroxylation is 1. The molecule has 1 fully saturated rings. The molecule has 7 heteroatoms. The van der Waals surface area contributed by atoms with Gasteiger partial charge in [-0.2, -0.15) is 4.80 Å². The molecule has 18 heavy (non-hydrogen) atoms. The van der Waals surface area contributed by atoms with Gasteiger partial charge in [0, 0.05) is 12.6 Å². The van der Waals surface area contributed by atoms with Crippen molar-refractivity contribution in [1.82, 2.24) is 25.1 Å². The maximum Gasteiger partial charge on any atom is 0.232 e. The van der Waals surface area contributed by atoms with E-state index in [9.17, 15) is 4.79 Å². The first-order valence-electron chi connectivity index (χ1n) is 6.27. The molecule has 2 rings (SSSR count). The van der Waals surface area contributed by atoms with E-state index in [1.807, 2.05) is 4.90 Å². The van der Waals surface area contributed by atoms with E-state index in [4.69, 9.17) is 0 Å². The summed E-state index contributed by atoms with van der Waals surface area (Å²) in [6, 6.07) is 0.390. The van der Waals surface area contributed by atoms with Gasteiger partial charge in [-0.1, -0.05) is 0 Å². The quantitative estimate of drug-likeness (QED) is 0.810. The van der Waals surface area contributed by atoms with Crippen LogP contribution in [0.25, 0.3) is 0 Å². The Morgan fingerprint density at radius 3 is 3.00 bits per heavy atom. The lowest BCUT2D eigenvalue weighted by atomic mass is 10.0. The zero-order chi connectivity index (χ0) is 13.0. The number of likely N-dealkylation sites (tertiary alicyclic amines) is 1. The molecule has 0 aliphatic carbocycles. The summed E-state index contributed by atoms with van der Waals surface area (Å²) in [5.74, 6) is 2.06. The Morgan fingerprint density at radius 1 is 1.50 bits per heavy atom. The van der Waals surface area contributed by atoms with Crippen LogP contribution in [0.1, 0.15) is 32.0 Å². The third-order valence-electron chi connectivity index (χ3n) is 3.13. The van der Waals surface area contributed by atoms with Crippen LogP contribution in [0.15, 0.2) is 0 Å². The number of piperidine rings is 1. The fourth-order valence-corrected chi connectivity index (χ4v) is 2.90. The van der Waals surface area contributed by atoms with Crippen LogP contribution in [0.2, 0.25) is 0 Å². The number of thioether (sulfide) groups is 1. The van der Waals surface area contributed by atoms with Crippen molar-refractivity contribution < 1.29 is 4.79 Å². The van der Waals surface area contributed by atoms with Crippen LogP contribution in [0.4, 0.5) is 0 Å². The van der Waals surface area contributed by atoms with Crippen molar-refractivity contribution in [2.24, 2.45) is 7.05 Å². The molecule has 1 saturated heterocycles. The number of carbonyl (C=O) groups is 1. The summed E-state index contributed by atoms with van der Waals surface area (Å²) in [7, 11) is 1.74. The van der Waals surface area contributed by atoms with E-state index < -0.39 is 0 Å². The van der Waals surface area contributed by atoms with Gasteiger partial charge in [-0.05, 0) is 31.4 Å². The molecule has 6 nitrogen and oxygen atoms in total. The molecule has 1 aromatic rings. The summed E-state index contributed by atoms with van der Waals surface area (Å²) in [5.41, 5.74) is 0. The van der Waals surface area contributed by atoms with Gasteiger partial charge in [0.1, 0.15) is 0 Å². The van der Waals surface area contributed by atoms with E-state index in [2.05, 4.69) is 22.3 Å². The second-order valence-corrected chi connectivity index (χ2v) is 5.61. The largest absolute Gasteiger partial charge is 0.339 e. The van der Waals surface area contributed by atoms with Crippen molar-refractivity contribution in [3.8, 4) is 0 Å². The third kappa shape index (κ3) is 3.44. The number of tetrazole rings is 1. The average molecular weight is 269 g/mol. The molecule has 0 saturated carbocycles. The second kappa shape index (κ2) is 6.17. The minimum atomic E-state index is 0.232. The summed E-state index contributed by atoms with van der Waals surface area (Å²) < 4.78 is 0. The summed E-state index contributed by atoms with van der Waals surface area (Å²) in [5, 5.41) is 11.7. The first-order chi connectivity index (χ1) is 8.66. The molecule has 0 spiro atoms. The number of amides is 1. The predicted molar refractivity (Wildman–Crippen MR) is 70.0 cm³/mol. The highest BCUT2D eigenvalue weighted by Gasteiger charge is 2.22. The van der Waals surface area contributed by atoms with Crippen molar-refractivity contribution in [2.45, 2.75) is 38.0 Å². The molecule has 1 unspecified atom stereocenters. The van der Waals surface area contributed by atoms with Crippen LogP contribution in [0.5, 0.6) is 0 Å². The first kappa shape index (κ1) is 13.3. The molecule has 2 heterocycles. The minimum absolute atomic E-state index is 0.232. The molecule has 1 atom stereocenters. The molecule has 1 aliphatic rings. The molecule has 100 valence electrons. The molecule has 1 aliphatic heterocycles. The molecular weight excluding hydrogens is 250 g/mol. The summed E-state index contributed by atoms with van der Waals surface area (Å²) in [6.07, 6.45) is 3.50. The van der Waals surface area contributed by atoms with Gasteiger partial charge in [0.2, 0.25) is 5.91 Å². The second-order valence-electron chi connectivity index (χ2n) is 4.62. The lowest BCUT2D eigenvalue weighted by Crippen LogP contribution is -2.42. The smallest absolute Gasteiger partial charge is 0.232 e.